The van der Waals surface area contributed by atoms with E-state index in [0.717, 1.165) is 16.5 Å². The van der Waals surface area contributed by atoms with E-state index in [9.17, 15) is 4.39 Å². The second-order valence-electron chi connectivity index (χ2n) is 7.66. The van der Waals surface area contributed by atoms with Gasteiger partial charge in [-0.3, -0.25) is 9.97 Å². The summed E-state index contributed by atoms with van der Waals surface area (Å²) in [5.41, 5.74) is 3.10. The Hall–Kier alpha value is -4.26. The first-order valence-electron chi connectivity index (χ1n) is 10.4. The first-order chi connectivity index (χ1) is 16.1. The Morgan fingerprint density at radius 3 is 2.42 bits per heavy atom. The van der Waals surface area contributed by atoms with Gasteiger partial charge in [-0.2, -0.15) is 0 Å². The summed E-state index contributed by atoms with van der Waals surface area (Å²) in [6, 6.07) is 18.4. The fourth-order valence-corrected chi connectivity index (χ4v) is 3.70. The first-order valence-corrected chi connectivity index (χ1v) is 10.4. The highest BCUT2D eigenvalue weighted by Crippen LogP contribution is 2.28. The molecule has 0 unspecified atom stereocenters. The van der Waals surface area contributed by atoms with Crippen molar-refractivity contribution in [3.05, 3.63) is 102 Å². The Balaban J connectivity index is 1.37. The highest BCUT2D eigenvalue weighted by atomic mass is 19.1. The van der Waals surface area contributed by atoms with Gasteiger partial charge in [-0.05, 0) is 47.5 Å². The van der Waals surface area contributed by atoms with Gasteiger partial charge in [0.15, 0.2) is 11.6 Å². The maximum absolute atomic E-state index is 15.2. The van der Waals surface area contributed by atoms with Crippen molar-refractivity contribution in [1.82, 2.24) is 19.9 Å². The highest BCUT2D eigenvalue weighted by Gasteiger charge is 2.14. The summed E-state index contributed by atoms with van der Waals surface area (Å²) in [5, 5.41) is 4.99. The number of pyridine rings is 2. The van der Waals surface area contributed by atoms with Crippen LogP contribution in [0.1, 0.15) is 11.3 Å². The van der Waals surface area contributed by atoms with Gasteiger partial charge in [0.2, 0.25) is 0 Å². The summed E-state index contributed by atoms with van der Waals surface area (Å²) in [6.07, 6.45) is 4.49. The molecule has 0 saturated carbocycles. The van der Waals surface area contributed by atoms with Gasteiger partial charge in [0, 0.05) is 35.8 Å². The van der Waals surface area contributed by atoms with Crippen molar-refractivity contribution in [3.8, 4) is 22.5 Å². The first kappa shape index (κ1) is 20.6. The van der Waals surface area contributed by atoms with Crippen molar-refractivity contribution in [2.45, 2.75) is 13.5 Å². The standard InChI is InChI=1S/C26H19F2N5/c1-16-10-21(8-9-29-16)24-22(27)11-17(13-30-24)14-31-26-23(28)25(32-15-33-26)20-7-6-18-4-2-3-5-19(18)12-20/h2-13,15H,14H2,1H3,(H,31,32,33). The fourth-order valence-electron chi connectivity index (χ4n) is 3.70. The minimum Gasteiger partial charge on any atom is -0.363 e. The number of hydrogen-bond donors (Lipinski definition) is 1. The predicted octanol–water partition coefficient (Wildman–Crippen LogP) is 5.95. The maximum Gasteiger partial charge on any atom is 0.191 e. The molecule has 0 aliphatic heterocycles. The van der Waals surface area contributed by atoms with E-state index in [-0.39, 0.29) is 23.8 Å². The Labute approximate surface area is 189 Å². The normalized spacial score (nSPS) is 11.0. The molecule has 1 N–H and O–H groups in total. The molecule has 5 aromatic rings. The van der Waals surface area contributed by atoms with Crippen LogP contribution in [0, 0.1) is 18.6 Å². The number of halogens is 2. The van der Waals surface area contributed by atoms with E-state index in [1.165, 1.54) is 12.4 Å². The number of aromatic nitrogens is 4. The van der Waals surface area contributed by atoms with E-state index in [2.05, 4.69) is 25.3 Å². The van der Waals surface area contributed by atoms with Crippen molar-refractivity contribution in [3.63, 3.8) is 0 Å². The molecule has 0 spiro atoms. The second kappa shape index (κ2) is 8.70. The minimum atomic E-state index is -0.565. The van der Waals surface area contributed by atoms with E-state index in [0.29, 0.717) is 16.7 Å². The van der Waals surface area contributed by atoms with Crippen molar-refractivity contribution >= 4 is 16.6 Å². The van der Waals surface area contributed by atoms with Gasteiger partial charge in [0.1, 0.15) is 23.5 Å². The van der Waals surface area contributed by atoms with Crippen LogP contribution in [0.3, 0.4) is 0 Å². The number of fused-ring (bicyclic) bond motifs is 1. The topological polar surface area (TPSA) is 63.6 Å². The Kier molecular flexibility index (Phi) is 5.44. The van der Waals surface area contributed by atoms with E-state index in [1.807, 2.05) is 49.4 Å². The van der Waals surface area contributed by atoms with E-state index >= 15 is 4.39 Å². The Morgan fingerprint density at radius 2 is 1.61 bits per heavy atom. The molecule has 3 heterocycles. The molecule has 7 heteroatoms. The lowest BCUT2D eigenvalue weighted by atomic mass is 10.0. The summed E-state index contributed by atoms with van der Waals surface area (Å²) in [7, 11) is 0. The van der Waals surface area contributed by atoms with Crippen LogP contribution in [0.25, 0.3) is 33.3 Å². The van der Waals surface area contributed by atoms with Crippen LogP contribution in [-0.4, -0.2) is 19.9 Å². The largest absolute Gasteiger partial charge is 0.363 e. The Bertz CT molecular complexity index is 1470. The van der Waals surface area contributed by atoms with Gasteiger partial charge in [-0.1, -0.05) is 36.4 Å². The van der Waals surface area contributed by atoms with Crippen LogP contribution < -0.4 is 5.32 Å². The van der Waals surface area contributed by atoms with Crippen molar-refractivity contribution in [2.24, 2.45) is 0 Å². The van der Waals surface area contributed by atoms with Crippen LogP contribution >= 0.6 is 0 Å². The SMILES string of the molecule is Cc1cc(-c2ncc(CNc3ncnc(-c4ccc5ccccc5c4)c3F)cc2F)ccn1. The average molecular weight is 439 g/mol. The maximum atomic E-state index is 15.2. The fraction of sp³-hybridized carbons (Fsp3) is 0.0769. The summed E-state index contributed by atoms with van der Waals surface area (Å²) in [6.45, 7) is 1.99. The molecule has 0 saturated heterocycles. The summed E-state index contributed by atoms with van der Waals surface area (Å²) < 4.78 is 29.9. The zero-order valence-electron chi connectivity index (χ0n) is 17.8. The van der Waals surface area contributed by atoms with Gasteiger partial charge < -0.3 is 5.32 Å². The van der Waals surface area contributed by atoms with Gasteiger partial charge in [0.25, 0.3) is 0 Å². The van der Waals surface area contributed by atoms with Crippen LogP contribution in [0.4, 0.5) is 14.6 Å². The zero-order chi connectivity index (χ0) is 22.8. The Morgan fingerprint density at radius 1 is 0.788 bits per heavy atom. The molecule has 0 radical (unpaired) electrons. The molecule has 0 atom stereocenters. The van der Waals surface area contributed by atoms with Crippen LogP contribution in [0.2, 0.25) is 0 Å². The third kappa shape index (κ3) is 4.25. The lowest BCUT2D eigenvalue weighted by Gasteiger charge is -2.11. The van der Waals surface area contributed by atoms with Gasteiger partial charge in [-0.25, -0.2) is 18.7 Å². The molecule has 162 valence electrons. The number of hydrogen-bond acceptors (Lipinski definition) is 5. The quantitative estimate of drug-likeness (QED) is 0.366. The van der Waals surface area contributed by atoms with Crippen molar-refractivity contribution < 1.29 is 8.78 Å². The van der Waals surface area contributed by atoms with Crippen LogP contribution in [0.5, 0.6) is 0 Å². The van der Waals surface area contributed by atoms with Crippen LogP contribution in [0.15, 0.2) is 79.4 Å². The molecule has 0 amide bonds. The molecular formula is C26H19F2N5. The predicted molar refractivity (Wildman–Crippen MR) is 124 cm³/mol. The molecular weight excluding hydrogens is 420 g/mol. The summed E-state index contributed by atoms with van der Waals surface area (Å²) in [4.78, 5) is 16.5. The van der Waals surface area contributed by atoms with E-state index < -0.39 is 11.6 Å². The average Bonchev–Trinajstić information content (AvgIpc) is 2.83. The van der Waals surface area contributed by atoms with E-state index in [4.69, 9.17) is 0 Å². The molecule has 0 aliphatic carbocycles. The number of aryl methyl sites for hydroxylation is 1. The molecule has 5 nitrogen and oxygen atoms in total. The number of benzene rings is 2. The van der Waals surface area contributed by atoms with Crippen molar-refractivity contribution in [2.75, 3.05) is 5.32 Å². The third-order valence-electron chi connectivity index (χ3n) is 5.34. The van der Waals surface area contributed by atoms with Gasteiger partial charge >= 0.3 is 0 Å². The molecule has 0 aliphatic rings. The second-order valence-corrected chi connectivity index (χ2v) is 7.66. The number of nitrogens with one attached hydrogen (secondary N) is 1. The molecule has 0 fully saturated rings. The van der Waals surface area contributed by atoms with Crippen LogP contribution in [-0.2, 0) is 6.54 Å². The molecule has 5 rings (SSSR count). The third-order valence-corrected chi connectivity index (χ3v) is 5.34. The number of anilines is 1. The number of rotatable bonds is 5. The monoisotopic (exact) mass is 439 g/mol. The number of nitrogens with zero attached hydrogens (tertiary/aromatic N) is 4. The summed E-state index contributed by atoms with van der Waals surface area (Å²) in [5.74, 6) is -0.979. The van der Waals surface area contributed by atoms with Crippen molar-refractivity contribution in [1.29, 1.82) is 0 Å². The molecule has 33 heavy (non-hydrogen) atoms. The highest BCUT2D eigenvalue weighted by molar-refractivity contribution is 5.87. The van der Waals surface area contributed by atoms with Gasteiger partial charge in [-0.15, -0.1) is 0 Å². The molecule has 2 aromatic carbocycles. The lowest BCUT2D eigenvalue weighted by Crippen LogP contribution is -2.06. The van der Waals surface area contributed by atoms with Gasteiger partial charge in [0.05, 0.1) is 0 Å². The smallest absolute Gasteiger partial charge is 0.191 e. The molecule has 0 bridgehead atoms. The minimum absolute atomic E-state index is 0.0439. The van der Waals surface area contributed by atoms with E-state index in [1.54, 1.807) is 24.5 Å². The zero-order valence-corrected chi connectivity index (χ0v) is 17.8. The summed E-state index contributed by atoms with van der Waals surface area (Å²) >= 11 is 0. The lowest BCUT2D eigenvalue weighted by molar-refractivity contribution is 0.619. The molecule has 3 aromatic heterocycles.